The van der Waals surface area contributed by atoms with Gasteiger partial charge < -0.3 is 10.2 Å². The smallest absolute Gasteiger partial charge is 0.0466 e. The predicted molar refractivity (Wildman–Crippen MR) is 145 cm³/mol. The van der Waals surface area contributed by atoms with Crippen LogP contribution in [0.25, 0.3) is 0 Å². The Hall–Kier alpha value is -0.600. The topological polar surface area (TPSA) is 40.7 Å². The summed E-state index contributed by atoms with van der Waals surface area (Å²) in [4.78, 5) is 0. The highest BCUT2D eigenvalue weighted by molar-refractivity contribution is 4.51. The third-order valence-electron chi connectivity index (χ3n) is 5.28. The van der Waals surface area contributed by atoms with Gasteiger partial charge in [-0.2, -0.15) is 0 Å². The molecule has 0 aromatic carbocycles. The zero-order valence-corrected chi connectivity index (χ0v) is 22.2. The molecule has 0 unspecified atom stereocenters. The fourth-order valence-corrected chi connectivity index (χ4v) is 3.49. The first-order chi connectivity index (χ1) is 14.8. The molecule has 31 heavy (non-hydrogen) atoms. The van der Waals surface area contributed by atoms with Crippen molar-refractivity contribution in [3.8, 4) is 0 Å². The second kappa shape index (κ2) is 43.3. The van der Waals surface area contributed by atoms with Crippen molar-refractivity contribution in [1.82, 2.24) is 0 Å². The lowest BCUT2D eigenvalue weighted by molar-refractivity contribution is 0.125. The molecule has 0 radical (unpaired) electrons. The minimum absolute atomic E-state index is 0. The quantitative estimate of drug-likeness (QED) is 0.121. The molecule has 0 aliphatic carbocycles. The molecule has 0 saturated heterocycles. The third kappa shape index (κ3) is 48.2. The normalized spacial score (nSPS) is 9.65. The third-order valence-corrected chi connectivity index (χ3v) is 5.28. The van der Waals surface area contributed by atoms with Crippen LogP contribution in [0, 0.1) is 0 Å². The average molecular weight is 443 g/mol. The summed E-state index contributed by atoms with van der Waals surface area (Å²) >= 11 is 0. The number of unbranched alkanes of at least 4 members (excludes halogenated alkanes) is 18. The number of allylic oxidation sites excluding steroid dienone is 1. The molecule has 0 spiro atoms. The summed E-state index contributed by atoms with van der Waals surface area (Å²) in [6.45, 7) is 17.8. The molecule has 0 aromatic heterocycles. The zero-order chi connectivity index (χ0) is 23.0. The Labute approximate surface area is 198 Å². The molecule has 0 atom stereocenters. The van der Waals surface area contributed by atoms with Crippen molar-refractivity contribution in [3.05, 3.63) is 25.8 Å². The van der Waals surface area contributed by atoms with Crippen molar-refractivity contribution in [2.45, 2.75) is 149 Å². The summed E-state index contributed by atoms with van der Waals surface area (Å²) < 4.78 is 5.78. The van der Waals surface area contributed by atoms with E-state index in [0.717, 1.165) is 13.2 Å². The highest BCUT2D eigenvalue weighted by Gasteiger charge is 1.95. The van der Waals surface area contributed by atoms with E-state index in [2.05, 4.69) is 33.6 Å². The van der Waals surface area contributed by atoms with Crippen LogP contribution in [0.4, 0.5) is 0 Å². The molecule has 0 aromatic rings. The molecule has 0 saturated carbocycles. The van der Waals surface area contributed by atoms with E-state index < -0.39 is 0 Å². The summed E-state index contributed by atoms with van der Waals surface area (Å²) in [6.07, 6.45) is 29.9. The maximum Gasteiger partial charge on any atom is 0.0466 e. The van der Waals surface area contributed by atoms with Gasteiger partial charge in [-0.3, -0.25) is 0 Å². The fraction of sp³-hybridized carbons (Fsp3) is 0.862. The van der Waals surface area contributed by atoms with Gasteiger partial charge in [-0.15, -0.1) is 19.7 Å². The van der Waals surface area contributed by atoms with Crippen molar-refractivity contribution >= 4 is 0 Å². The van der Waals surface area contributed by atoms with E-state index in [4.69, 9.17) is 4.74 Å². The second-order valence-corrected chi connectivity index (χ2v) is 8.38. The van der Waals surface area contributed by atoms with Gasteiger partial charge >= 0.3 is 0 Å². The Balaban J connectivity index is -0.000000554. The van der Waals surface area contributed by atoms with E-state index in [1.807, 2.05) is 6.92 Å². The molecule has 0 rings (SSSR count). The molecule has 0 fully saturated rings. The van der Waals surface area contributed by atoms with Crippen LogP contribution in [0.5, 0.6) is 0 Å². The molecular formula is C29H62O2. The Morgan fingerprint density at radius 2 is 0.677 bits per heavy atom. The van der Waals surface area contributed by atoms with Crippen LogP contribution in [0.3, 0.4) is 0 Å². The molecule has 0 heterocycles. The lowest BCUT2D eigenvalue weighted by Gasteiger charge is -2.05. The molecule has 0 aliphatic heterocycles. The standard InChI is InChI=1S/C24H50O.C3H6.C2H4.H2O/c1-3-5-7-9-11-13-15-17-19-21-23-25-24-22-20-18-16-14-12-10-8-6-4-2;1-3-2;1-2;/h3-24H2,1-2H3;3H,1H2,2H3;1-2H2;1H2. The van der Waals surface area contributed by atoms with E-state index in [9.17, 15) is 0 Å². The molecule has 190 valence electrons. The molecule has 0 aliphatic rings. The monoisotopic (exact) mass is 442 g/mol. The highest BCUT2D eigenvalue weighted by Crippen LogP contribution is 2.12. The zero-order valence-electron chi connectivity index (χ0n) is 22.2. The fourth-order valence-electron chi connectivity index (χ4n) is 3.49. The van der Waals surface area contributed by atoms with Crippen molar-refractivity contribution in [3.63, 3.8) is 0 Å². The number of hydrogen-bond acceptors (Lipinski definition) is 1. The minimum Gasteiger partial charge on any atom is -0.412 e. The maximum absolute atomic E-state index is 5.78. The summed E-state index contributed by atoms with van der Waals surface area (Å²) in [7, 11) is 0. The Bertz CT molecular complexity index is 243. The molecule has 2 heteroatoms. The first kappa shape index (κ1) is 37.7. The first-order valence-corrected chi connectivity index (χ1v) is 13.5. The van der Waals surface area contributed by atoms with Crippen LogP contribution >= 0.6 is 0 Å². The summed E-state index contributed by atoms with van der Waals surface area (Å²) in [5, 5.41) is 0. The van der Waals surface area contributed by atoms with Gasteiger partial charge in [0.25, 0.3) is 0 Å². The van der Waals surface area contributed by atoms with E-state index in [0.29, 0.717) is 0 Å². The molecule has 2 N–H and O–H groups in total. The highest BCUT2D eigenvalue weighted by atomic mass is 16.5. The van der Waals surface area contributed by atoms with Crippen LogP contribution in [-0.2, 0) is 4.74 Å². The van der Waals surface area contributed by atoms with Gasteiger partial charge in [0, 0.05) is 13.2 Å². The van der Waals surface area contributed by atoms with Crippen molar-refractivity contribution in [2.24, 2.45) is 0 Å². The number of ether oxygens (including phenoxy) is 1. The molecule has 2 nitrogen and oxygen atoms in total. The van der Waals surface area contributed by atoms with Gasteiger partial charge in [0.1, 0.15) is 0 Å². The summed E-state index contributed by atoms with van der Waals surface area (Å²) in [6, 6.07) is 0. The van der Waals surface area contributed by atoms with Crippen LogP contribution in [0.1, 0.15) is 149 Å². The van der Waals surface area contributed by atoms with Gasteiger partial charge in [-0.1, -0.05) is 135 Å². The van der Waals surface area contributed by atoms with E-state index in [1.165, 1.54) is 128 Å². The van der Waals surface area contributed by atoms with Gasteiger partial charge in [0.05, 0.1) is 0 Å². The molecule has 0 amide bonds. The summed E-state index contributed by atoms with van der Waals surface area (Å²) in [5.74, 6) is 0. The van der Waals surface area contributed by atoms with Crippen LogP contribution in [0.2, 0.25) is 0 Å². The Morgan fingerprint density at radius 1 is 0.484 bits per heavy atom. The van der Waals surface area contributed by atoms with Gasteiger partial charge in [0.15, 0.2) is 0 Å². The lowest BCUT2D eigenvalue weighted by Crippen LogP contribution is -1.97. The average Bonchev–Trinajstić information content (AvgIpc) is 2.77. The van der Waals surface area contributed by atoms with E-state index >= 15 is 0 Å². The van der Waals surface area contributed by atoms with E-state index in [-0.39, 0.29) is 5.48 Å². The predicted octanol–water partition coefficient (Wildman–Crippen LogP) is 10.0. The van der Waals surface area contributed by atoms with E-state index in [1.54, 1.807) is 6.08 Å². The van der Waals surface area contributed by atoms with Gasteiger partial charge in [0.2, 0.25) is 0 Å². The lowest BCUT2D eigenvalue weighted by atomic mass is 10.1. The maximum atomic E-state index is 5.78. The van der Waals surface area contributed by atoms with Crippen molar-refractivity contribution < 1.29 is 10.2 Å². The van der Waals surface area contributed by atoms with Gasteiger partial charge in [-0.05, 0) is 19.8 Å². The second-order valence-electron chi connectivity index (χ2n) is 8.38. The SMILES string of the molecule is C=C.C=CC.CCCCCCCCCCCCOCCCCCCCCCCCC.O. The number of rotatable bonds is 22. The van der Waals surface area contributed by atoms with Crippen molar-refractivity contribution in [1.29, 1.82) is 0 Å². The van der Waals surface area contributed by atoms with Crippen LogP contribution in [-0.4, -0.2) is 18.7 Å². The van der Waals surface area contributed by atoms with Crippen molar-refractivity contribution in [2.75, 3.05) is 13.2 Å². The molecular weight excluding hydrogens is 380 g/mol. The largest absolute Gasteiger partial charge is 0.412 e. The van der Waals surface area contributed by atoms with Crippen LogP contribution < -0.4 is 0 Å². The van der Waals surface area contributed by atoms with Gasteiger partial charge in [-0.25, -0.2) is 0 Å². The van der Waals surface area contributed by atoms with Crippen LogP contribution in [0.15, 0.2) is 25.8 Å². The molecule has 0 bridgehead atoms. The Kier molecular flexibility index (Phi) is 52.7. The number of hydrogen-bond donors (Lipinski definition) is 0. The Morgan fingerprint density at radius 3 is 0.903 bits per heavy atom. The first-order valence-electron chi connectivity index (χ1n) is 13.5. The minimum atomic E-state index is 0. The summed E-state index contributed by atoms with van der Waals surface area (Å²) in [5.41, 5.74) is 0.